The molecule has 15 heavy (non-hydrogen) atoms. The lowest BCUT2D eigenvalue weighted by molar-refractivity contribution is 0.144. The Hall–Kier alpha value is -1.33. The normalized spacial score (nSPS) is 10.5. The van der Waals surface area contributed by atoms with Crippen LogP contribution in [-0.2, 0) is 0 Å². The second kappa shape index (κ2) is 3.67. The van der Waals surface area contributed by atoms with Crippen LogP contribution < -0.4 is 4.74 Å². The molecule has 0 unspecified atom stereocenters. The molecule has 0 fully saturated rings. The lowest BCUT2D eigenvalue weighted by atomic mass is 10.2. The molecule has 0 saturated heterocycles. The summed E-state index contributed by atoms with van der Waals surface area (Å²) in [4.78, 5) is 14.5. The zero-order valence-corrected chi connectivity index (χ0v) is 9.22. The Morgan fingerprint density at radius 3 is 3.00 bits per heavy atom. The molecule has 0 radical (unpaired) electrons. The number of nitrogens with zero attached hydrogens (tertiary/aromatic N) is 1. The van der Waals surface area contributed by atoms with Gasteiger partial charge in [0.15, 0.2) is 4.47 Å². The van der Waals surface area contributed by atoms with E-state index in [0.717, 1.165) is 4.70 Å². The molecule has 0 spiro atoms. The quantitative estimate of drug-likeness (QED) is 0.617. The number of ether oxygens (including phenoxy) is 1. The number of halogens is 1. The number of aryl methyl sites for hydroxylation is 1. The zero-order valence-electron chi connectivity index (χ0n) is 7.65. The third-order valence-corrected chi connectivity index (χ3v) is 3.06. The first-order chi connectivity index (χ1) is 7.08. The van der Waals surface area contributed by atoms with Gasteiger partial charge < -0.3 is 9.84 Å². The monoisotopic (exact) mass is 243 g/mol. The number of hydrogen-bond donors (Lipinski definition) is 1. The van der Waals surface area contributed by atoms with Gasteiger partial charge in [0, 0.05) is 5.56 Å². The van der Waals surface area contributed by atoms with Crippen molar-refractivity contribution in [2.75, 3.05) is 0 Å². The van der Waals surface area contributed by atoms with E-state index in [1.165, 1.54) is 11.3 Å². The molecule has 1 aromatic carbocycles. The third kappa shape index (κ3) is 1.88. The van der Waals surface area contributed by atoms with E-state index in [0.29, 0.717) is 15.5 Å². The molecule has 0 aliphatic carbocycles. The minimum atomic E-state index is -1.33. The van der Waals surface area contributed by atoms with Gasteiger partial charge in [0.25, 0.3) is 0 Å². The van der Waals surface area contributed by atoms with Gasteiger partial charge in [-0.2, -0.15) is 0 Å². The molecule has 1 heterocycles. The number of thiazole rings is 1. The van der Waals surface area contributed by atoms with Crippen LogP contribution in [0.4, 0.5) is 4.79 Å². The molecule has 6 heteroatoms. The first-order valence-corrected chi connectivity index (χ1v) is 5.24. The second-order valence-electron chi connectivity index (χ2n) is 2.87. The van der Waals surface area contributed by atoms with Crippen molar-refractivity contribution in [1.29, 1.82) is 0 Å². The van der Waals surface area contributed by atoms with Gasteiger partial charge in [-0.05, 0) is 19.1 Å². The highest BCUT2D eigenvalue weighted by Crippen LogP contribution is 2.32. The predicted molar refractivity (Wildman–Crippen MR) is 58.0 cm³/mol. The van der Waals surface area contributed by atoms with Gasteiger partial charge in [-0.15, -0.1) is 11.3 Å². The number of benzene rings is 1. The van der Waals surface area contributed by atoms with Crippen molar-refractivity contribution in [2.24, 2.45) is 0 Å². The molecule has 4 nitrogen and oxygen atoms in total. The highest BCUT2D eigenvalue weighted by Gasteiger charge is 2.11. The van der Waals surface area contributed by atoms with Crippen molar-refractivity contribution >= 4 is 39.3 Å². The molecule has 0 amide bonds. The van der Waals surface area contributed by atoms with Crippen LogP contribution in [0.25, 0.3) is 10.2 Å². The van der Waals surface area contributed by atoms with E-state index < -0.39 is 6.16 Å². The molecule has 2 rings (SSSR count). The Morgan fingerprint density at radius 2 is 2.33 bits per heavy atom. The van der Waals surface area contributed by atoms with Crippen molar-refractivity contribution < 1.29 is 14.6 Å². The van der Waals surface area contributed by atoms with Crippen LogP contribution in [0.1, 0.15) is 5.56 Å². The van der Waals surface area contributed by atoms with E-state index in [2.05, 4.69) is 9.72 Å². The summed E-state index contributed by atoms with van der Waals surface area (Å²) in [5.41, 5.74) is 1.36. The number of carbonyl (C=O) groups is 1. The number of aromatic nitrogens is 1. The van der Waals surface area contributed by atoms with Crippen LogP contribution in [0.5, 0.6) is 5.75 Å². The first-order valence-electron chi connectivity index (χ1n) is 4.04. The van der Waals surface area contributed by atoms with Crippen LogP contribution in [0.3, 0.4) is 0 Å². The SMILES string of the molecule is Cc1c(OC(=O)O)ccc2sc(Cl)nc12. The topological polar surface area (TPSA) is 59.4 Å². The van der Waals surface area contributed by atoms with E-state index in [1.807, 2.05) is 0 Å². The molecule has 1 aromatic heterocycles. The molecule has 1 N–H and O–H groups in total. The second-order valence-corrected chi connectivity index (χ2v) is 4.48. The molecule has 0 atom stereocenters. The number of hydrogen-bond acceptors (Lipinski definition) is 4. The molecule has 0 aliphatic rings. The van der Waals surface area contributed by atoms with Crippen molar-refractivity contribution in [3.05, 3.63) is 22.2 Å². The molecule has 0 aliphatic heterocycles. The fraction of sp³-hybridized carbons (Fsp3) is 0.111. The lowest BCUT2D eigenvalue weighted by Crippen LogP contribution is -2.04. The highest BCUT2D eigenvalue weighted by atomic mass is 35.5. The van der Waals surface area contributed by atoms with Crippen LogP contribution >= 0.6 is 22.9 Å². The van der Waals surface area contributed by atoms with E-state index in [9.17, 15) is 4.79 Å². The van der Waals surface area contributed by atoms with Crippen LogP contribution in [0, 0.1) is 6.92 Å². The molecule has 0 saturated carbocycles. The van der Waals surface area contributed by atoms with E-state index in [4.69, 9.17) is 16.7 Å². The van der Waals surface area contributed by atoms with Gasteiger partial charge >= 0.3 is 6.16 Å². The van der Waals surface area contributed by atoms with Crippen molar-refractivity contribution in [3.63, 3.8) is 0 Å². The van der Waals surface area contributed by atoms with Gasteiger partial charge in [0.05, 0.1) is 10.2 Å². The number of fused-ring (bicyclic) bond motifs is 1. The Labute approximate surface area is 94.1 Å². The number of carboxylic acid groups (broad SMARTS) is 1. The van der Waals surface area contributed by atoms with Gasteiger partial charge in [0.2, 0.25) is 0 Å². The van der Waals surface area contributed by atoms with Gasteiger partial charge in [0.1, 0.15) is 5.75 Å². The Bertz CT molecular complexity index is 537. The Morgan fingerprint density at radius 1 is 1.60 bits per heavy atom. The maximum atomic E-state index is 10.4. The first kappa shape index (κ1) is 10.2. The fourth-order valence-corrected chi connectivity index (χ4v) is 2.37. The van der Waals surface area contributed by atoms with Crippen molar-refractivity contribution in [2.45, 2.75) is 6.92 Å². The van der Waals surface area contributed by atoms with E-state index in [-0.39, 0.29) is 5.75 Å². The Kier molecular flexibility index (Phi) is 2.50. The van der Waals surface area contributed by atoms with Gasteiger partial charge in [-0.3, -0.25) is 0 Å². The summed E-state index contributed by atoms with van der Waals surface area (Å²) in [7, 11) is 0. The smallest absolute Gasteiger partial charge is 0.449 e. The summed E-state index contributed by atoms with van der Waals surface area (Å²) in [6, 6.07) is 3.34. The summed E-state index contributed by atoms with van der Waals surface area (Å²) in [5.74, 6) is 0.289. The van der Waals surface area contributed by atoms with Crippen molar-refractivity contribution in [3.8, 4) is 5.75 Å². The third-order valence-electron chi connectivity index (χ3n) is 1.94. The maximum absolute atomic E-state index is 10.4. The molecule has 2 aromatic rings. The largest absolute Gasteiger partial charge is 0.511 e. The van der Waals surface area contributed by atoms with Crippen LogP contribution in [0.2, 0.25) is 4.47 Å². The lowest BCUT2D eigenvalue weighted by Gasteiger charge is -2.03. The molecule has 0 bridgehead atoms. The molecular weight excluding hydrogens is 238 g/mol. The van der Waals surface area contributed by atoms with E-state index >= 15 is 0 Å². The summed E-state index contributed by atoms with van der Waals surface area (Å²) in [6.45, 7) is 1.75. The summed E-state index contributed by atoms with van der Waals surface area (Å²) < 4.78 is 5.94. The van der Waals surface area contributed by atoms with Crippen LogP contribution in [0.15, 0.2) is 12.1 Å². The summed E-state index contributed by atoms with van der Waals surface area (Å²) >= 11 is 7.11. The van der Waals surface area contributed by atoms with Crippen molar-refractivity contribution in [1.82, 2.24) is 4.98 Å². The standard InChI is InChI=1S/C9H6ClNO3S/c1-4-5(14-9(12)13)2-3-6-7(4)11-8(10)15-6/h2-3H,1H3,(H,12,13). The van der Waals surface area contributed by atoms with Crippen LogP contribution in [-0.4, -0.2) is 16.2 Å². The summed E-state index contributed by atoms with van der Waals surface area (Å²) in [6.07, 6.45) is -1.33. The summed E-state index contributed by atoms with van der Waals surface area (Å²) in [5, 5.41) is 8.50. The Balaban J connectivity index is 2.58. The minimum absolute atomic E-state index is 0.289. The van der Waals surface area contributed by atoms with Gasteiger partial charge in [-0.25, -0.2) is 9.78 Å². The maximum Gasteiger partial charge on any atom is 0.511 e. The van der Waals surface area contributed by atoms with E-state index in [1.54, 1.807) is 19.1 Å². The average Bonchev–Trinajstić information content (AvgIpc) is 2.51. The number of rotatable bonds is 1. The average molecular weight is 244 g/mol. The molecular formula is C9H6ClNO3S. The minimum Gasteiger partial charge on any atom is -0.449 e. The predicted octanol–water partition coefficient (Wildman–Crippen LogP) is 3.31. The van der Waals surface area contributed by atoms with Gasteiger partial charge in [-0.1, -0.05) is 11.6 Å². The molecule has 78 valence electrons. The highest BCUT2D eigenvalue weighted by molar-refractivity contribution is 7.22. The zero-order chi connectivity index (χ0) is 11.0. The fourth-order valence-electron chi connectivity index (χ4n) is 1.28.